The number of sulfonamides is 1. The number of carbonyl (C=O) groups excluding carboxylic acids is 1. The zero-order valence-electron chi connectivity index (χ0n) is 19.5. The van der Waals surface area contributed by atoms with Crippen molar-refractivity contribution in [3.8, 4) is 11.4 Å². The molecule has 0 fully saturated rings. The van der Waals surface area contributed by atoms with Crippen molar-refractivity contribution in [2.75, 3.05) is 18.0 Å². The fraction of sp³-hybridized carbons (Fsp3) is 0.154. The Morgan fingerprint density at radius 3 is 2.34 bits per heavy atom. The molecule has 0 saturated heterocycles. The van der Waals surface area contributed by atoms with Crippen molar-refractivity contribution in [3.05, 3.63) is 103 Å². The lowest BCUT2D eigenvalue weighted by molar-refractivity contribution is -0.119. The highest BCUT2D eigenvalue weighted by Crippen LogP contribution is 2.25. The lowest BCUT2D eigenvalue weighted by Crippen LogP contribution is -2.40. The first kappa shape index (κ1) is 24.0. The van der Waals surface area contributed by atoms with Crippen LogP contribution in [0.15, 0.2) is 96.2 Å². The van der Waals surface area contributed by atoms with Crippen molar-refractivity contribution in [3.63, 3.8) is 0 Å². The molecule has 4 rings (SSSR count). The molecule has 0 aliphatic heterocycles. The molecule has 1 amide bonds. The molecule has 180 valence electrons. The molecular weight excluding hydrogens is 464 g/mol. The van der Waals surface area contributed by atoms with Crippen molar-refractivity contribution >= 4 is 21.6 Å². The summed E-state index contributed by atoms with van der Waals surface area (Å²) in [5.74, 6) is 0.937. The number of ether oxygens (including phenoxy) is 1. The van der Waals surface area contributed by atoms with Crippen LogP contribution in [0.2, 0.25) is 0 Å². The molecule has 1 N–H and O–H groups in total. The Morgan fingerprint density at radius 1 is 1.00 bits per heavy atom. The summed E-state index contributed by atoms with van der Waals surface area (Å²) < 4.78 is 35.1. The van der Waals surface area contributed by atoms with Crippen molar-refractivity contribution < 1.29 is 17.9 Å². The van der Waals surface area contributed by atoms with Crippen LogP contribution in [0, 0.1) is 6.92 Å². The van der Waals surface area contributed by atoms with E-state index in [2.05, 4.69) is 10.3 Å². The van der Waals surface area contributed by atoms with Crippen LogP contribution >= 0.6 is 0 Å². The smallest absolute Gasteiger partial charge is 0.264 e. The molecule has 0 bridgehead atoms. The molecule has 4 aromatic rings. The second-order valence-corrected chi connectivity index (χ2v) is 9.63. The fourth-order valence-corrected chi connectivity index (χ4v) is 5.11. The Hall–Kier alpha value is -4.11. The quantitative estimate of drug-likeness (QED) is 0.386. The Labute approximate surface area is 204 Å². The van der Waals surface area contributed by atoms with Crippen LogP contribution in [0.5, 0.6) is 5.75 Å². The Kier molecular flexibility index (Phi) is 7.17. The summed E-state index contributed by atoms with van der Waals surface area (Å²) in [7, 11) is -2.49. The van der Waals surface area contributed by atoms with Crippen LogP contribution in [0.1, 0.15) is 11.4 Å². The Bertz CT molecular complexity index is 1400. The van der Waals surface area contributed by atoms with E-state index < -0.39 is 15.9 Å². The number of carbonyl (C=O) groups is 1. The van der Waals surface area contributed by atoms with Crippen LogP contribution < -0.4 is 14.4 Å². The zero-order valence-corrected chi connectivity index (χ0v) is 20.3. The lowest BCUT2D eigenvalue weighted by Gasteiger charge is -2.24. The maximum absolute atomic E-state index is 13.5. The van der Waals surface area contributed by atoms with E-state index in [1.54, 1.807) is 48.7 Å². The maximum atomic E-state index is 13.5. The number of anilines is 1. The van der Waals surface area contributed by atoms with Crippen LogP contribution in [0.3, 0.4) is 0 Å². The highest BCUT2D eigenvalue weighted by atomic mass is 32.2. The van der Waals surface area contributed by atoms with Gasteiger partial charge in [0.15, 0.2) is 0 Å². The lowest BCUT2D eigenvalue weighted by atomic mass is 10.1. The standard InChI is InChI=1S/C26H26N4O4S/c1-20-27-16-17-29(20)25-11-7-6-8-21(25)18-28-26(31)19-30(22-9-4-3-5-10-22)35(32,33)24-14-12-23(34-2)13-15-24/h3-17H,18-19H2,1-2H3,(H,28,31). The SMILES string of the molecule is COc1ccc(S(=O)(=O)N(CC(=O)NCc2ccccc2-n2ccnc2C)c2ccccc2)cc1. The molecule has 8 nitrogen and oxygen atoms in total. The summed E-state index contributed by atoms with van der Waals surface area (Å²) in [4.78, 5) is 17.3. The van der Waals surface area contributed by atoms with E-state index >= 15 is 0 Å². The first-order valence-electron chi connectivity index (χ1n) is 11.0. The molecule has 0 aliphatic carbocycles. The Balaban J connectivity index is 1.56. The van der Waals surface area contributed by atoms with Crippen molar-refractivity contribution in [1.82, 2.24) is 14.9 Å². The number of rotatable bonds is 9. The number of amides is 1. The number of benzene rings is 3. The van der Waals surface area contributed by atoms with Gasteiger partial charge in [0.25, 0.3) is 10.0 Å². The number of imidazole rings is 1. The number of para-hydroxylation sites is 2. The van der Waals surface area contributed by atoms with Gasteiger partial charge in [0.05, 0.1) is 23.4 Å². The highest BCUT2D eigenvalue weighted by molar-refractivity contribution is 7.92. The van der Waals surface area contributed by atoms with E-state index in [1.807, 2.05) is 42.0 Å². The van der Waals surface area contributed by atoms with Gasteiger partial charge in [0.1, 0.15) is 18.1 Å². The van der Waals surface area contributed by atoms with Gasteiger partial charge in [-0.15, -0.1) is 0 Å². The maximum Gasteiger partial charge on any atom is 0.264 e. The number of nitrogens with zero attached hydrogens (tertiary/aromatic N) is 3. The second-order valence-electron chi connectivity index (χ2n) is 7.77. The van der Waals surface area contributed by atoms with Gasteiger partial charge >= 0.3 is 0 Å². The monoisotopic (exact) mass is 490 g/mol. The Morgan fingerprint density at radius 2 is 1.69 bits per heavy atom. The summed E-state index contributed by atoms with van der Waals surface area (Å²) in [6.45, 7) is 1.76. The van der Waals surface area contributed by atoms with Gasteiger partial charge in [0.2, 0.25) is 5.91 Å². The molecule has 0 spiro atoms. The first-order chi connectivity index (χ1) is 16.9. The van der Waals surface area contributed by atoms with Gasteiger partial charge in [-0.3, -0.25) is 9.10 Å². The minimum absolute atomic E-state index is 0.0656. The number of hydrogen-bond acceptors (Lipinski definition) is 5. The van der Waals surface area contributed by atoms with Crippen LogP contribution in [0.25, 0.3) is 5.69 Å². The number of methoxy groups -OCH3 is 1. The minimum atomic E-state index is -4.00. The predicted octanol–water partition coefficient (Wildman–Crippen LogP) is 3.70. The summed E-state index contributed by atoms with van der Waals surface area (Å²) >= 11 is 0. The van der Waals surface area contributed by atoms with Gasteiger partial charge < -0.3 is 14.6 Å². The van der Waals surface area contributed by atoms with E-state index in [0.717, 1.165) is 21.4 Å². The third-order valence-corrected chi connectivity index (χ3v) is 7.32. The predicted molar refractivity (Wildman–Crippen MR) is 134 cm³/mol. The topological polar surface area (TPSA) is 93.5 Å². The normalized spacial score (nSPS) is 11.1. The van der Waals surface area contributed by atoms with Gasteiger partial charge in [-0.2, -0.15) is 0 Å². The summed E-state index contributed by atoms with van der Waals surface area (Å²) in [6.07, 6.45) is 3.57. The molecule has 3 aromatic carbocycles. The van der Waals surface area contributed by atoms with Gasteiger partial charge in [-0.1, -0.05) is 36.4 Å². The average Bonchev–Trinajstić information content (AvgIpc) is 3.32. The molecule has 0 atom stereocenters. The molecule has 0 aliphatic rings. The minimum Gasteiger partial charge on any atom is -0.497 e. The average molecular weight is 491 g/mol. The molecule has 0 unspecified atom stereocenters. The van der Waals surface area contributed by atoms with Crippen LogP contribution in [0.4, 0.5) is 5.69 Å². The number of aryl methyl sites for hydroxylation is 1. The molecule has 0 radical (unpaired) electrons. The third kappa shape index (κ3) is 5.36. The van der Waals surface area contributed by atoms with E-state index in [1.165, 1.54) is 19.2 Å². The van der Waals surface area contributed by atoms with Crippen LogP contribution in [-0.4, -0.2) is 37.5 Å². The van der Waals surface area contributed by atoms with Gasteiger partial charge in [0, 0.05) is 18.9 Å². The summed E-state index contributed by atoms with van der Waals surface area (Å²) in [6, 6.07) is 22.3. The molecular formula is C26H26N4O4S. The number of aromatic nitrogens is 2. The van der Waals surface area contributed by atoms with E-state index in [9.17, 15) is 13.2 Å². The summed E-state index contributed by atoms with van der Waals surface area (Å²) in [5, 5.41) is 2.86. The molecule has 1 aromatic heterocycles. The highest BCUT2D eigenvalue weighted by Gasteiger charge is 2.27. The first-order valence-corrected chi connectivity index (χ1v) is 12.4. The third-order valence-electron chi connectivity index (χ3n) is 5.53. The fourth-order valence-electron chi connectivity index (χ4n) is 3.69. The molecule has 1 heterocycles. The molecule has 35 heavy (non-hydrogen) atoms. The van der Waals surface area contributed by atoms with E-state index in [4.69, 9.17) is 4.74 Å². The number of nitrogens with one attached hydrogen (secondary N) is 1. The number of hydrogen-bond donors (Lipinski definition) is 1. The van der Waals surface area contributed by atoms with Crippen molar-refractivity contribution in [2.24, 2.45) is 0 Å². The van der Waals surface area contributed by atoms with E-state index in [-0.39, 0.29) is 18.0 Å². The second kappa shape index (κ2) is 10.4. The molecule has 0 saturated carbocycles. The zero-order chi connectivity index (χ0) is 24.8. The van der Waals surface area contributed by atoms with Gasteiger partial charge in [-0.05, 0) is 55.0 Å². The van der Waals surface area contributed by atoms with E-state index in [0.29, 0.717) is 11.4 Å². The molecule has 9 heteroatoms. The van der Waals surface area contributed by atoms with Crippen LogP contribution in [-0.2, 0) is 21.4 Å². The van der Waals surface area contributed by atoms with Gasteiger partial charge in [-0.25, -0.2) is 13.4 Å². The van der Waals surface area contributed by atoms with Crippen molar-refractivity contribution in [1.29, 1.82) is 0 Å². The largest absolute Gasteiger partial charge is 0.497 e. The summed E-state index contributed by atoms with van der Waals surface area (Å²) in [5.41, 5.74) is 2.17. The van der Waals surface area contributed by atoms with Crippen molar-refractivity contribution in [2.45, 2.75) is 18.4 Å².